The monoisotopic (exact) mass is 515 g/mol. The average molecular weight is 516 g/mol. The van der Waals surface area contributed by atoms with Crippen molar-refractivity contribution in [2.45, 2.75) is 0 Å². The zero-order valence-corrected chi connectivity index (χ0v) is 21.7. The van der Waals surface area contributed by atoms with E-state index in [1.807, 2.05) is 30.5 Å². The molecule has 4 heterocycles. The Labute approximate surface area is 229 Å². The summed E-state index contributed by atoms with van der Waals surface area (Å²) in [6, 6.07) is 42.5. The third kappa shape index (κ3) is 3.77. The Kier molecular flexibility index (Phi) is 5.00. The first kappa shape index (κ1) is 22.1. The highest BCUT2D eigenvalue weighted by Gasteiger charge is 2.10. The van der Waals surface area contributed by atoms with Crippen molar-refractivity contribution in [2.75, 3.05) is 0 Å². The summed E-state index contributed by atoms with van der Waals surface area (Å²) in [5.74, 6) is 0. The molecule has 0 atom stereocenters. The minimum atomic E-state index is 0.926. The van der Waals surface area contributed by atoms with Crippen LogP contribution < -0.4 is 0 Å². The van der Waals surface area contributed by atoms with Crippen molar-refractivity contribution in [3.05, 3.63) is 128 Å². The molecule has 0 saturated carbocycles. The molecule has 39 heavy (non-hydrogen) atoms. The van der Waals surface area contributed by atoms with Gasteiger partial charge in [0.25, 0.3) is 0 Å². The zero-order chi connectivity index (χ0) is 25.8. The Morgan fingerprint density at radius 1 is 0.462 bits per heavy atom. The van der Waals surface area contributed by atoms with Gasteiger partial charge in [-0.2, -0.15) is 0 Å². The molecule has 0 bridgehead atoms. The fraction of sp³-hybridized carbons (Fsp3) is 0. The van der Waals surface area contributed by atoms with Crippen molar-refractivity contribution in [1.82, 2.24) is 15.0 Å². The molecule has 0 aliphatic carbocycles. The van der Waals surface area contributed by atoms with Crippen molar-refractivity contribution in [3.8, 4) is 33.6 Å². The first-order valence-corrected chi connectivity index (χ1v) is 13.8. The van der Waals surface area contributed by atoms with Gasteiger partial charge >= 0.3 is 0 Å². The maximum atomic E-state index is 5.11. The van der Waals surface area contributed by atoms with Gasteiger partial charge in [-0.05, 0) is 47.5 Å². The lowest BCUT2D eigenvalue weighted by molar-refractivity contribution is 1.36. The third-order valence-electron chi connectivity index (χ3n) is 7.35. The summed E-state index contributed by atoms with van der Waals surface area (Å²) in [5, 5.41) is 4.66. The molecule has 4 aromatic heterocycles. The summed E-state index contributed by atoms with van der Waals surface area (Å²) in [6.45, 7) is 0. The molecule has 4 heteroatoms. The van der Waals surface area contributed by atoms with Crippen LogP contribution in [0, 0.1) is 0 Å². The van der Waals surface area contributed by atoms with Gasteiger partial charge in [-0.3, -0.25) is 0 Å². The number of pyridine rings is 3. The lowest BCUT2D eigenvalue weighted by Crippen LogP contribution is -1.91. The van der Waals surface area contributed by atoms with E-state index in [1.165, 1.54) is 26.6 Å². The fourth-order valence-corrected chi connectivity index (χ4v) is 6.35. The van der Waals surface area contributed by atoms with Crippen LogP contribution >= 0.6 is 11.3 Å². The zero-order valence-electron chi connectivity index (χ0n) is 20.9. The molecule has 4 aromatic carbocycles. The Balaban J connectivity index is 1.19. The largest absolute Gasteiger partial charge is 0.245 e. The van der Waals surface area contributed by atoms with E-state index in [-0.39, 0.29) is 0 Å². The van der Waals surface area contributed by atoms with Crippen LogP contribution in [0.3, 0.4) is 0 Å². The van der Waals surface area contributed by atoms with Gasteiger partial charge in [0.15, 0.2) is 0 Å². The van der Waals surface area contributed by atoms with Gasteiger partial charge in [0, 0.05) is 43.6 Å². The van der Waals surface area contributed by atoms with E-state index in [0.717, 1.165) is 49.2 Å². The first-order chi connectivity index (χ1) is 19.3. The van der Waals surface area contributed by atoms with Crippen LogP contribution in [-0.4, -0.2) is 15.0 Å². The minimum Gasteiger partial charge on any atom is -0.245 e. The van der Waals surface area contributed by atoms with Crippen LogP contribution in [0.4, 0.5) is 0 Å². The molecular formula is C35H21N3S. The molecule has 0 aliphatic rings. The highest BCUT2D eigenvalue weighted by molar-refractivity contribution is 7.25. The second-order valence-electron chi connectivity index (χ2n) is 9.71. The lowest BCUT2D eigenvalue weighted by Gasteiger charge is -2.09. The normalized spacial score (nSPS) is 11.6. The lowest BCUT2D eigenvalue weighted by atomic mass is 10.0. The van der Waals surface area contributed by atoms with E-state index in [0.29, 0.717) is 0 Å². The molecule has 0 saturated heterocycles. The Bertz CT molecular complexity index is 2160. The van der Waals surface area contributed by atoms with E-state index >= 15 is 0 Å². The van der Waals surface area contributed by atoms with Crippen molar-refractivity contribution >= 4 is 53.4 Å². The molecule has 8 aromatic rings. The molecule has 182 valence electrons. The third-order valence-corrected chi connectivity index (χ3v) is 8.45. The van der Waals surface area contributed by atoms with Gasteiger partial charge in [0.2, 0.25) is 0 Å². The molecule has 8 rings (SSSR count). The van der Waals surface area contributed by atoms with Crippen molar-refractivity contribution in [1.29, 1.82) is 0 Å². The quantitative estimate of drug-likeness (QED) is 0.220. The number of hydrogen-bond acceptors (Lipinski definition) is 4. The van der Waals surface area contributed by atoms with Gasteiger partial charge < -0.3 is 0 Å². The predicted octanol–water partition coefficient (Wildman–Crippen LogP) is 9.55. The SMILES string of the molecule is c1ccc(-c2ccc3ccc4ccc(-c5ccc(-c6ccc7sc8ncccc8c7c6)cc5)nc4c3n2)cc1. The summed E-state index contributed by atoms with van der Waals surface area (Å²) in [6.07, 6.45) is 1.86. The maximum Gasteiger partial charge on any atom is 0.124 e. The fourth-order valence-electron chi connectivity index (χ4n) is 5.32. The predicted molar refractivity (Wildman–Crippen MR) is 164 cm³/mol. The standard InChI is InChI=1S/C35H21N3S/c1-2-5-23(6-3-1)30-17-14-25-12-13-26-15-18-31(38-34(26)33(25)37-30)24-10-8-22(9-11-24)27-16-19-32-29(21-27)28-7-4-20-36-35(28)39-32/h1-21H. The van der Waals surface area contributed by atoms with E-state index < -0.39 is 0 Å². The first-order valence-electron chi connectivity index (χ1n) is 12.9. The number of rotatable bonds is 3. The molecule has 0 fully saturated rings. The van der Waals surface area contributed by atoms with Gasteiger partial charge in [-0.1, -0.05) is 84.9 Å². The topological polar surface area (TPSA) is 38.7 Å². The van der Waals surface area contributed by atoms with E-state index in [2.05, 4.69) is 102 Å². The highest BCUT2D eigenvalue weighted by atomic mass is 32.1. The molecule has 0 aliphatic heterocycles. The number of nitrogens with zero attached hydrogens (tertiary/aromatic N) is 3. The molecular weight excluding hydrogens is 494 g/mol. The highest BCUT2D eigenvalue weighted by Crippen LogP contribution is 2.36. The van der Waals surface area contributed by atoms with Crippen molar-refractivity contribution in [3.63, 3.8) is 0 Å². The maximum absolute atomic E-state index is 5.11. The van der Waals surface area contributed by atoms with Gasteiger partial charge in [-0.25, -0.2) is 15.0 Å². The number of thiophene rings is 1. The van der Waals surface area contributed by atoms with Gasteiger partial charge in [0.1, 0.15) is 4.83 Å². The van der Waals surface area contributed by atoms with Crippen LogP contribution in [0.25, 0.3) is 75.8 Å². The van der Waals surface area contributed by atoms with Crippen LogP contribution in [0.15, 0.2) is 128 Å². The number of fused-ring (bicyclic) bond motifs is 6. The van der Waals surface area contributed by atoms with E-state index in [4.69, 9.17) is 9.97 Å². The van der Waals surface area contributed by atoms with Gasteiger partial charge in [0.05, 0.1) is 22.4 Å². The Morgan fingerprint density at radius 2 is 1.08 bits per heavy atom. The van der Waals surface area contributed by atoms with Crippen molar-refractivity contribution in [2.24, 2.45) is 0 Å². The van der Waals surface area contributed by atoms with Crippen LogP contribution in [0.2, 0.25) is 0 Å². The summed E-state index contributed by atoms with van der Waals surface area (Å²) in [4.78, 5) is 15.8. The average Bonchev–Trinajstić information content (AvgIpc) is 3.39. The van der Waals surface area contributed by atoms with Gasteiger partial charge in [-0.15, -0.1) is 11.3 Å². The molecule has 0 spiro atoms. The smallest absolute Gasteiger partial charge is 0.124 e. The number of benzene rings is 4. The summed E-state index contributed by atoms with van der Waals surface area (Å²) < 4.78 is 1.26. The summed E-state index contributed by atoms with van der Waals surface area (Å²) in [5.41, 5.74) is 8.33. The Morgan fingerprint density at radius 3 is 1.79 bits per heavy atom. The Hall–Kier alpha value is -4.93. The number of aromatic nitrogens is 3. The second-order valence-corrected chi connectivity index (χ2v) is 10.7. The van der Waals surface area contributed by atoms with Crippen molar-refractivity contribution < 1.29 is 0 Å². The summed E-state index contributed by atoms with van der Waals surface area (Å²) >= 11 is 1.74. The number of hydrogen-bond donors (Lipinski definition) is 0. The van der Waals surface area contributed by atoms with E-state index in [9.17, 15) is 0 Å². The van der Waals surface area contributed by atoms with Crippen LogP contribution in [0.5, 0.6) is 0 Å². The minimum absolute atomic E-state index is 0.926. The molecule has 0 N–H and O–H groups in total. The second kappa shape index (κ2) is 8.83. The molecule has 3 nitrogen and oxygen atoms in total. The molecule has 0 radical (unpaired) electrons. The summed E-state index contributed by atoms with van der Waals surface area (Å²) in [7, 11) is 0. The van der Waals surface area contributed by atoms with E-state index in [1.54, 1.807) is 11.3 Å². The van der Waals surface area contributed by atoms with Crippen LogP contribution in [0.1, 0.15) is 0 Å². The molecule has 0 amide bonds. The van der Waals surface area contributed by atoms with Crippen LogP contribution in [-0.2, 0) is 0 Å². The molecule has 0 unspecified atom stereocenters.